The molecule has 0 bridgehead atoms. The number of hydrogen-bond donors (Lipinski definition) is 3. The molecule has 1 aromatic carbocycles. The average molecular weight is 288 g/mol. The number of anilines is 1. The van der Waals surface area contributed by atoms with E-state index in [4.69, 9.17) is 9.84 Å². The van der Waals surface area contributed by atoms with Crippen LogP contribution in [-0.4, -0.2) is 28.6 Å². The van der Waals surface area contributed by atoms with Gasteiger partial charge in [-0.15, -0.1) is 0 Å². The van der Waals surface area contributed by atoms with Crippen molar-refractivity contribution in [1.29, 1.82) is 0 Å². The highest BCUT2D eigenvalue weighted by atomic mass is 16.5. The maximum absolute atomic E-state index is 12.3. The topological polar surface area (TPSA) is 91.4 Å². The molecule has 1 aromatic heterocycles. The van der Waals surface area contributed by atoms with Crippen molar-refractivity contribution >= 4 is 17.6 Å². The molecule has 21 heavy (non-hydrogen) atoms. The second kappa shape index (κ2) is 6.13. The van der Waals surface area contributed by atoms with E-state index in [1.165, 1.54) is 6.20 Å². The van der Waals surface area contributed by atoms with E-state index in [9.17, 15) is 9.59 Å². The molecular formula is C15H16N2O4. The van der Waals surface area contributed by atoms with E-state index in [0.717, 1.165) is 0 Å². The molecule has 0 unspecified atom stereocenters. The zero-order chi connectivity index (χ0) is 15.4. The van der Waals surface area contributed by atoms with Crippen molar-refractivity contribution < 1.29 is 19.4 Å². The van der Waals surface area contributed by atoms with Crippen molar-refractivity contribution in [3.05, 3.63) is 47.3 Å². The number of amides is 1. The molecule has 1 heterocycles. The van der Waals surface area contributed by atoms with Gasteiger partial charge in [0, 0.05) is 11.9 Å². The first-order valence-electron chi connectivity index (χ1n) is 6.49. The summed E-state index contributed by atoms with van der Waals surface area (Å²) in [6.45, 7) is 3.90. The minimum Gasteiger partial charge on any atom is -0.493 e. The molecular weight excluding hydrogens is 272 g/mol. The van der Waals surface area contributed by atoms with Crippen LogP contribution in [0.5, 0.6) is 5.75 Å². The largest absolute Gasteiger partial charge is 0.493 e. The number of carbonyl (C=O) groups is 2. The van der Waals surface area contributed by atoms with Gasteiger partial charge in [0.2, 0.25) is 0 Å². The summed E-state index contributed by atoms with van der Waals surface area (Å²) >= 11 is 0. The van der Waals surface area contributed by atoms with E-state index in [0.29, 0.717) is 23.6 Å². The van der Waals surface area contributed by atoms with Gasteiger partial charge in [0.05, 0.1) is 17.9 Å². The number of aromatic nitrogens is 1. The highest BCUT2D eigenvalue weighted by Gasteiger charge is 2.19. The predicted molar refractivity (Wildman–Crippen MR) is 78.1 cm³/mol. The number of benzene rings is 1. The molecule has 0 radical (unpaired) electrons. The number of nitrogens with one attached hydrogen (secondary N) is 2. The molecule has 6 heteroatoms. The lowest BCUT2D eigenvalue weighted by molar-refractivity contribution is 0.0697. The number of aromatic amines is 1. The molecule has 2 rings (SSSR count). The summed E-state index contributed by atoms with van der Waals surface area (Å²) in [4.78, 5) is 26.3. The van der Waals surface area contributed by atoms with Gasteiger partial charge in [0.1, 0.15) is 11.3 Å². The number of carboxylic acids is 1. The maximum Gasteiger partial charge on any atom is 0.339 e. The van der Waals surface area contributed by atoms with Gasteiger partial charge in [-0.25, -0.2) is 4.79 Å². The van der Waals surface area contributed by atoms with Crippen LogP contribution in [0.1, 0.15) is 33.3 Å². The van der Waals surface area contributed by atoms with E-state index >= 15 is 0 Å². The third-order valence-electron chi connectivity index (χ3n) is 2.97. The second-order valence-corrected chi connectivity index (χ2v) is 4.39. The van der Waals surface area contributed by atoms with Gasteiger partial charge in [-0.2, -0.15) is 0 Å². The molecule has 0 aliphatic carbocycles. The summed E-state index contributed by atoms with van der Waals surface area (Å²) in [6, 6.07) is 6.81. The molecule has 0 aliphatic heterocycles. The Kier molecular flexibility index (Phi) is 4.27. The molecule has 0 atom stereocenters. The van der Waals surface area contributed by atoms with E-state index < -0.39 is 11.9 Å². The van der Waals surface area contributed by atoms with Crippen LogP contribution >= 0.6 is 0 Å². The summed E-state index contributed by atoms with van der Waals surface area (Å²) in [5.41, 5.74) is 1.12. The number of aromatic carboxylic acids is 1. The van der Waals surface area contributed by atoms with Gasteiger partial charge in [0.15, 0.2) is 0 Å². The number of H-pyrrole nitrogens is 1. The molecule has 2 aromatic rings. The normalized spacial score (nSPS) is 10.2. The average Bonchev–Trinajstić information content (AvgIpc) is 2.80. The lowest BCUT2D eigenvalue weighted by atomic mass is 10.1. The van der Waals surface area contributed by atoms with Gasteiger partial charge in [-0.1, -0.05) is 12.1 Å². The molecule has 0 aliphatic rings. The van der Waals surface area contributed by atoms with Crippen LogP contribution in [0.3, 0.4) is 0 Å². The Balaban J connectivity index is 2.29. The number of hydrogen-bond acceptors (Lipinski definition) is 3. The number of para-hydroxylation sites is 1. The molecule has 6 nitrogen and oxygen atoms in total. The SMILES string of the molecule is CCOc1ccccc1C(=O)Nc1c[nH]c(C)c1C(=O)O. The Hall–Kier alpha value is -2.76. The standard InChI is InChI=1S/C15H16N2O4/c1-3-21-12-7-5-4-6-10(12)14(18)17-11-8-16-9(2)13(11)15(19)20/h4-8,16H,3H2,1-2H3,(H,17,18)(H,19,20). The summed E-state index contributed by atoms with van der Waals surface area (Å²) < 4.78 is 5.39. The number of aryl methyl sites for hydroxylation is 1. The van der Waals surface area contributed by atoms with Gasteiger partial charge >= 0.3 is 5.97 Å². The van der Waals surface area contributed by atoms with Crippen LogP contribution in [0.15, 0.2) is 30.5 Å². The highest BCUT2D eigenvalue weighted by molar-refractivity contribution is 6.09. The van der Waals surface area contributed by atoms with Crippen LogP contribution in [-0.2, 0) is 0 Å². The monoisotopic (exact) mass is 288 g/mol. The molecule has 0 saturated heterocycles. The van der Waals surface area contributed by atoms with Gasteiger partial charge < -0.3 is 20.1 Å². The van der Waals surface area contributed by atoms with Crippen molar-refractivity contribution in [2.45, 2.75) is 13.8 Å². The van der Waals surface area contributed by atoms with Crippen molar-refractivity contribution in [2.24, 2.45) is 0 Å². The summed E-state index contributed by atoms with van der Waals surface area (Å²) in [6.07, 6.45) is 1.46. The Labute approximate surface area is 121 Å². The van der Waals surface area contributed by atoms with Gasteiger partial charge in [-0.3, -0.25) is 4.79 Å². The van der Waals surface area contributed by atoms with Crippen molar-refractivity contribution in [3.8, 4) is 5.75 Å². The van der Waals surface area contributed by atoms with E-state index in [1.54, 1.807) is 31.2 Å². The van der Waals surface area contributed by atoms with Crippen molar-refractivity contribution in [3.63, 3.8) is 0 Å². The Morgan fingerprint density at radius 1 is 1.33 bits per heavy atom. The molecule has 0 saturated carbocycles. The van der Waals surface area contributed by atoms with Gasteiger partial charge in [-0.05, 0) is 26.0 Å². The predicted octanol–water partition coefficient (Wildman–Crippen LogP) is 2.67. The first-order valence-corrected chi connectivity index (χ1v) is 6.49. The highest BCUT2D eigenvalue weighted by Crippen LogP contribution is 2.23. The number of ether oxygens (including phenoxy) is 1. The Morgan fingerprint density at radius 2 is 2.05 bits per heavy atom. The second-order valence-electron chi connectivity index (χ2n) is 4.39. The van der Waals surface area contributed by atoms with Gasteiger partial charge in [0.25, 0.3) is 5.91 Å². The van der Waals surface area contributed by atoms with Crippen molar-refractivity contribution in [2.75, 3.05) is 11.9 Å². The summed E-state index contributed by atoms with van der Waals surface area (Å²) in [5.74, 6) is -1.05. The Morgan fingerprint density at radius 3 is 2.71 bits per heavy atom. The minimum atomic E-state index is -1.10. The molecule has 0 spiro atoms. The van der Waals surface area contributed by atoms with Crippen LogP contribution in [0.2, 0.25) is 0 Å². The van der Waals surface area contributed by atoms with Crippen LogP contribution in [0.4, 0.5) is 5.69 Å². The van der Waals surface area contributed by atoms with Crippen LogP contribution < -0.4 is 10.1 Å². The van der Waals surface area contributed by atoms with Crippen molar-refractivity contribution in [1.82, 2.24) is 4.98 Å². The fourth-order valence-electron chi connectivity index (χ4n) is 2.03. The lowest BCUT2D eigenvalue weighted by Crippen LogP contribution is -2.15. The number of carboxylic acid groups (broad SMARTS) is 1. The summed E-state index contributed by atoms with van der Waals surface area (Å²) in [5, 5.41) is 11.8. The summed E-state index contributed by atoms with van der Waals surface area (Å²) in [7, 11) is 0. The van der Waals surface area contributed by atoms with Crippen LogP contribution in [0.25, 0.3) is 0 Å². The molecule has 0 fully saturated rings. The first kappa shape index (κ1) is 14.6. The third-order valence-corrected chi connectivity index (χ3v) is 2.97. The fourth-order valence-corrected chi connectivity index (χ4v) is 2.03. The zero-order valence-corrected chi connectivity index (χ0v) is 11.8. The zero-order valence-electron chi connectivity index (χ0n) is 11.8. The molecule has 3 N–H and O–H groups in total. The van der Waals surface area contributed by atoms with E-state index in [2.05, 4.69) is 10.3 Å². The van der Waals surface area contributed by atoms with Crippen LogP contribution in [0, 0.1) is 6.92 Å². The minimum absolute atomic E-state index is 0.0530. The number of carbonyl (C=O) groups excluding carboxylic acids is 1. The van der Waals surface area contributed by atoms with E-state index in [-0.39, 0.29) is 11.3 Å². The smallest absolute Gasteiger partial charge is 0.339 e. The Bertz CT molecular complexity index is 676. The third kappa shape index (κ3) is 3.05. The quantitative estimate of drug-likeness (QED) is 0.788. The number of rotatable bonds is 5. The molecule has 1 amide bonds. The fraction of sp³-hybridized carbons (Fsp3) is 0.200. The lowest BCUT2D eigenvalue weighted by Gasteiger charge is -2.10. The first-order chi connectivity index (χ1) is 10.0. The maximum atomic E-state index is 12.3. The molecule has 110 valence electrons. The van der Waals surface area contributed by atoms with E-state index in [1.807, 2.05) is 6.92 Å².